The first-order valence-electron chi connectivity index (χ1n) is 9.70. The number of methoxy groups -OCH3 is 2. The summed E-state index contributed by atoms with van der Waals surface area (Å²) in [6, 6.07) is 5.73. The second-order valence-electron chi connectivity index (χ2n) is 7.39. The average Bonchev–Trinajstić information content (AvgIpc) is 3.37. The first kappa shape index (κ1) is 19.6. The van der Waals surface area contributed by atoms with Gasteiger partial charge in [-0.05, 0) is 37.0 Å². The smallest absolute Gasteiger partial charge is 0.231 e. The summed E-state index contributed by atoms with van der Waals surface area (Å²) in [5.74, 6) is 1.33. The van der Waals surface area contributed by atoms with E-state index >= 15 is 0 Å². The monoisotopic (exact) mass is 416 g/mol. The molecule has 2 fully saturated rings. The summed E-state index contributed by atoms with van der Waals surface area (Å²) < 4.78 is 10.6. The molecule has 0 bridgehead atoms. The number of ether oxygens (including phenoxy) is 2. The van der Waals surface area contributed by atoms with Gasteiger partial charge in [0.15, 0.2) is 11.5 Å². The van der Waals surface area contributed by atoms with Gasteiger partial charge in [0.1, 0.15) is 5.01 Å². The van der Waals surface area contributed by atoms with Crippen molar-refractivity contribution in [3.8, 4) is 11.5 Å². The Balaban J connectivity index is 1.31. The Hall–Kier alpha value is -2.68. The molecule has 1 saturated carbocycles. The van der Waals surface area contributed by atoms with Crippen LogP contribution in [0.1, 0.15) is 35.8 Å². The average molecular weight is 417 g/mol. The maximum atomic E-state index is 12.5. The standard InChI is InChI=1S/C20H24N4O4S/c1-27-15-6-3-12(9-16(15)28-2)7-8-24-11-14(10-17(24)25)18(26)21-20-23-22-19(29-20)13-4-5-13/h3,6,9,13-14H,4-5,7-8,10-11H2,1-2H3,(H,21,23,26)/t14-/m0/s1. The number of nitrogens with one attached hydrogen (secondary N) is 1. The number of aromatic nitrogens is 2. The molecule has 2 aromatic rings. The maximum absolute atomic E-state index is 12.5. The van der Waals surface area contributed by atoms with Crippen molar-refractivity contribution >= 4 is 28.3 Å². The van der Waals surface area contributed by atoms with Gasteiger partial charge in [-0.2, -0.15) is 0 Å². The Bertz CT molecular complexity index is 912. The number of carbonyl (C=O) groups excluding carboxylic acids is 2. The highest BCUT2D eigenvalue weighted by atomic mass is 32.1. The van der Waals surface area contributed by atoms with Crippen LogP contribution in [-0.4, -0.2) is 54.2 Å². The van der Waals surface area contributed by atoms with Crippen LogP contribution in [0.4, 0.5) is 5.13 Å². The highest BCUT2D eigenvalue weighted by Crippen LogP contribution is 2.42. The van der Waals surface area contributed by atoms with Crippen LogP contribution in [0.15, 0.2) is 18.2 Å². The summed E-state index contributed by atoms with van der Waals surface area (Å²) in [7, 11) is 3.19. The Morgan fingerprint density at radius 1 is 1.24 bits per heavy atom. The summed E-state index contributed by atoms with van der Waals surface area (Å²) in [4.78, 5) is 26.7. The Kier molecular flexibility index (Phi) is 5.66. The molecule has 29 heavy (non-hydrogen) atoms. The number of hydrogen-bond donors (Lipinski definition) is 1. The minimum absolute atomic E-state index is 0.00144. The fourth-order valence-electron chi connectivity index (χ4n) is 3.45. The molecule has 2 amide bonds. The van der Waals surface area contributed by atoms with Crippen molar-refractivity contribution in [1.29, 1.82) is 0 Å². The van der Waals surface area contributed by atoms with Gasteiger partial charge in [-0.1, -0.05) is 17.4 Å². The second-order valence-corrected chi connectivity index (χ2v) is 8.40. The van der Waals surface area contributed by atoms with Gasteiger partial charge in [0.25, 0.3) is 0 Å². The summed E-state index contributed by atoms with van der Waals surface area (Å²) in [5.41, 5.74) is 1.05. The van der Waals surface area contributed by atoms with Crippen LogP contribution < -0.4 is 14.8 Å². The molecule has 1 saturated heterocycles. The number of rotatable bonds is 8. The van der Waals surface area contributed by atoms with Crippen molar-refractivity contribution in [3.63, 3.8) is 0 Å². The van der Waals surface area contributed by atoms with Gasteiger partial charge in [0.2, 0.25) is 16.9 Å². The molecule has 9 heteroatoms. The summed E-state index contributed by atoms with van der Waals surface area (Å²) in [6.45, 7) is 0.981. The van der Waals surface area contributed by atoms with Gasteiger partial charge in [0, 0.05) is 25.4 Å². The number of carbonyl (C=O) groups is 2. The zero-order valence-corrected chi connectivity index (χ0v) is 17.3. The zero-order chi connectivity index (χ0) is 20.4. The molecule has 1 atom stereocenters. The first-order valence-corrected chi connectivity index (χ1v) is 10.5. The minimum atomic E-state index is -0.360. The molecule has 2 aliphatic rings. The lowest BCUT2D eigenvalue weighted by Crippen LogP contribution is -2.30. The van der Waals surface area contributed by atoms with E-state index in [9.17, 15) is 9.59 Å². The van der Waals surface area contributed by atoms with E-state index in [1.807, 2.05) is 18.2 Å². The zero-order valence-electron chi connectivity index (χ0n) is 16.5. The highest BCUT2D eigenvalue weighted by molar-refractivity contribution is 7.15. The van der Waals surface area contributed by atoms with E-state index in [2.05, 4.69) is 15.5 Å². The van der Waals surface area contributed by atoms with E-state index < -0.39 is 0 Å². The van der Waals surface area contributed by atoms with E-state index in [4.69, 9.17) is 9.47 Å². The van der Waals surface area contributed by atoms with Gasteiger partial charge >= 0.3 is 0 Å². The molecule has 1 aliphatic carbocycles. The predicted octanol–water partition coefficient (Wildman–Crippen LogP) is 2.46. The van der Waals surface area contributed by atoms with Crippen LogP contribution in [0, 0.1) is 5.92 Å². The molecule has 0 radical (unpaired) electrons. The summed E-state index contributed by atoms with van der Waals surface area (Å²) in [5, 5.41) is 12.5. The molecule has 1 N–H and O–H groups in total. The normalized spacial score (nSPS) is 18.8. The summed E-state index contributed by atoms with van der Waals surface area (Å²) in [6.07, 6.45) is 3.21. The number of nitrogens with zero attached hydrogens (tertiary/aromatic N) is 3. The van der Waals surface area contributed by atoms with Crippen LogP contribution in [0.25, 0.3) is 0 Å². The lowest BCUT2D eigenvalue weighted by Gasteiger charge is -2.17. The van der Waals surface area contributed by atoms with E-state index in [1.54, 1.807) is 19.1 Å². The third kappa shape index (κ3) is 4.50. The van der Waals surface area contributed by atoms with Crippen LogP contribution in [0.3, 0.4) is 0 Å². The number of likely N-dealkylation sites (tertiary alicyclic amines) is 1. The maximum Gasteiger partial charge on any atom is 0.231 e. The van der Waals surface area contributed by atoms with E-state index in [-0.39, 0.29) is 24.2 Å². The number of amides is 2. The topological polar surface area (TPSA) is 93.6 Å². The fourth-order valence-corrected chi connectivity index (χ4v) is 4.37. The van der Waals surface area contributed by atoms with E-state index in [1.165, 1.54) is 11.3 Å². The predicted molar refractivity (Wildman–Crippen MR) is 108 cm³/mol. The lowest BCUT2D eigenvalue weighted by atomic mass is 10.1. The van der Waals surface area contributed by atoms with Crippen LogP contribution in [-0.2, 0) is 16.0 Å². The Labute approximate surface area is 173 Å². The number of benzene rings is 1. The third-order valence-corrected chi connectivity index (χ3v) is 6.30. The largest absolute Gasteiger partial charge is 0.493 e. The molecule has 1 aromatic heterocycles. The number of anilines is 1. The minimum Gasteiger partial charge on any atom is -0.493 e. The lowest BCUT2D eigenvalue weighted by molar-refractivity contribution is -0.128. The third-order valence-electron chi connectivity index (χ3n) is 5.30. The van der Waals surface area contributed by atoms with Crippen molar-refractivity contribution in [1.82, 2.24) is 15.1 Å². The van der Waals surface area contributed by atoms with Gasteiger partial charge in [-0.25, -0.2) is 0 Å². The van der Waals surface area contributed by atoms with Gasteiger partial charge in [0.05, 0.1) is 20.1 Å². The van der Waals surface area contributed by atoms with Crippen molar-refractivity contribution in [2.24, 2.45) is 5.92 Å². The molecule has 0 unspecified atom stereocenters. The second kappa shape index (κ2) is 8.36. The summed E-state index contributed by atoms with van der Waals surface area (Å²) >= 11 is 1.43. The Morgan fingerprint density at radius 2 is 2.03 bits per heavy atom. The SMILES string of the molecule is COc1ccc(CCN2C[C@@H](C(=O)Nc3nnc(C4CC4)s3)CC2=O)cc1OC. The molecular formula is C20H24N4O4S. The van der Waals surface area contributed by atoms with Crippen LogP contribution in [0.5, 0.6) is 11.5 Å². The molecule has 1 aromatic carbocycles. The molecule has 1 aliphatic heterocycles. The highest BCUT2D eigenvalue weighted by Gasteiger charge is 2.35. The van der Waals surface area contributed by atoms with Gasteiger partial charge < -0.3 is 19.7 Å². The van der Waals surface area contributed by atoms with Crippen LogP contribution in [0.2, 0.25) is 0 Å². The van der Waals surface area contributed by atoms with Crippen molar-refractivity contribution in [2.45, 2.75) is 31.6 Å². The molecule has 0 spiro atoms. The molecule has 4 rings (SSSR count). The Morgan fingerprint density at radius 3 is 2.76 bits per heavy atom. The first-order chi connectivity index (χ1) is 14.1. The van der Waals surface area contributed by atoms with Crippen molar-refractivity contribution in [2.75, 3.05) is 32.6 Å². The fraction of sp³-hybridized carbons (Fsp3) is 0.500. The van der Waals surface area contributed by atoms with Gasteiger partial charge in [-0.3, -0.25) is 9.59 Å². The number of hydrogen-bond acceptors (Lipinski definition) is 7. The quantitative estimate of drug-likeness (QED) is 0.711. The van der Waals surface area contributed by atoms with E-state index in [0.717, 1.165) is 23.4 Å². The molecular weight excluding hydrogens is 392 g/mol. The van der Waals surface area contributed by atoms with Crippen molar-refractivity contribution in [3.05, 3.63) is 28.8 Å². The van der Waals surface area contributed by atoms with Gasteiger partial charge in [-0.15, -0.1) is 10.2 Å². The molecule has 2 heterocycles. The molecule has 8 nitrogen and oxygen atoms in total. The van der Waals surface area contributed by atoms with Crippen molar-refractivity contribution < 1.29 is 19.1 Å². The van der Waals surface area contributed by atoms with Crippen LogP contribution >= 0.6 is 11.3 Å². The molecule has 154 valence electrons. The van der Waals surface area contributed by atoms with E-state index in [0.29, 0.717) is 42.1 Å².